The first kappa shape index (κ1) is 22.3. The molecule has 1 N–H and O–H groups in total. The average Bonchev–Trinajstić information content (AvgIpc) is 3.39. The molecule has 0 aliphatic carbocycles. The first-order valence-corrected chi connectivity index (χ1v) is 11.0. The number of likely N-dealkylation sites (tertiary alicyclic amines) is 1. The highest BCUT2D eigenvalue weighted by atomic mass is 16.5. The van der Waals surface area contributed by atoms with Crippen LogP contribution in [0, 0.1) is 0 Å². The number of carbonyl (C=O) groups excluding carboxylic acids is 2. The summed E-state index contributed by atoms with van der Waals surface area (Å²) in [4.78, 5) is 27.0. The Kier molecular flexibility index (Phi) is 7.13. The lowest BCUT2D eigenvalue weighted by Gasteiger charge is -2.26. The Morgan fingerprint density at radius 2 is 1.79 bits per heavy atom. The molecule has 2 aromatic carbocycles. The van der Waals surface area contributed by atoms with E-state index in [2.05, 4.69) is 20.8 Å². The van der Waals surface area contributed by atoms with E-state index in [9.17, 15) is 9.59 Å². The molecule has 0 bridgehead atoms. The SMILES string of the molecule is CCOc1cc(C(=O)Nc2ccc(-n3cnnn3)cc2)ccc1OCC(=O)N1CCCCC1. The zero-order valence-electron chi connectivity index (χ0n) is 18.4. The van der Waals surface area contributed by atoms with Crippen molar-refractivity contribution in [3.05, 3.63) is 54.4 Å². The molecule has 0 spiro atoms. The Bertz CT molecular complexity index is 1080. The molecular formula is C23H26N6O4. The lowest BCUT2D eigenvalue weighted by atomic mass is 10.1. The van der Waals surface area contributed by atoms with Crippen molar-refractivity contribution >= 4 is 17.5 Å². The lowest BCUT2D eigenvalue weighted by Crippen LogP contribution is -2.38. The van der Waals surface area contributed by atoms with Crippen molar-refractivity contribution in [1.82, 2.24) is 25.1 Å². The minimum Gasteiger partial charge on any atom is -0.490 e. The maximum absolute atomic E-state index is 12.8. The van der Waals surface area contributed by atoms with Gasteiger partial charge in [0.25, 0.3) is 11.8 Å². The van der Waals surface area contributed by atoms with Crippen LogP contribution in [0.25, 0.3) is 5.69 Å². The van der Waals surface area contributed by atoms with Gasteiger partial charge in [0, 0.05) is 24.3 Å². The van der Waals surface area contributed by atoms with Gasteiger partial charge in [0.05, 0.1) is 12.3 Å². The highest BCUT2D eigenvalue weighted by Gasteiger charge is 2.18. The predicted molar refractivity (Wildman–Crippen MR) is 121 cm³/mol. The van der Waals surface area contributed by atoms with Gasteiger partial charge in [0.1, 0.15) is 6.33 Å². The smallest absolute Gasteiger partial charge is 0.260 e. The number of ether oxygens (including phenoxy) is 2. The number of rotatable bonds is 8. The van der Waals surface area contributed by atoms with Crippen LogP contribution >= 0.6 is 0 Å². The van der Waals surface area contributed by atoms with Crippen molar-refractivity contribution in [2.75, 3.05) is 31.6 Å². The van der Waals surface area contributed by atoms with Crippen LogP contribution in [0.1, 0.15) is 36.5 Å². The molecule has 0 atom stereocenters. The van der Waals surface area contributed by atoms with E-state index in [1.807, 2.05) is 11.8 Å². The predicted octanol–water partition coefficient (Wildman–Crippen LogP) is 2.70. The molecule has 1 saturated heterocycles. The van der Waals surface area contributed by atoms with Crippen LogP contribution in [-0.4, -0.2) is 63.2 Å². The second-order valence-corrected chi connectivity index (χ2v) is 7.58. The second-order valence-electron chi connectivity index (χ2n) is 7.58. The van der Waals surface area contributed by atoms with E-state index in [0.717, 1.165) is 38.0 Å². The molecule has 10 heteroatoms. The maximum atomic E-state index is 12.8. The first-order chi connectivity index (χ1) is 16.1. The molecule has 0 radical (unpaired) electrons. The molecule has 1 aliphatic heterocycles. The normalized spacial score (nSPS) is 13.4. The lowest BCUT2D eigenvalue weighted by molar-refractivity contribution is -0.134. The summed E-state index contributed by atoms with van der Waals surface area (Å²) in [5.41, 5.74) is 1.82. The summed E-state index contributed by atoms with van der Waals surface area (Å²) in [5.74, 6) is 0.529. The summed E-state index contributed by atoms with van der Waals surface area (Å²) in [5, 5.41) is 13.9. The number of hydrogen-bond acceptors (Lipinski definition) is 7. The second kappa shape index (κ2) is 10.6. The van der Waals surface area contributed by atoms with E-state index < -0.39 is 0 Å². The average molecular weight is 450 g/mol. The number of aromatic nitrogens is 4. The molecule has 1 fully saturated rings. The Labute approximate surface area is 191 Å². The molecule has 33 heavy (non-hydrogen) atoms. The fraction of sp³-hybridized carbons (Fsp3) is 0.348. The molecule has 10 nitrogen and oxygen atoms in total. The summed E-state index contributed by atoms with van der Waals surface area (Å²) in [6, 6.07) is 12.1. The molecule has 0 saturated carbocycles. The summed E-state index contributed by atoms with van der Waals surface area (Å²) in [7, 11) is 0. The van der Waals surface area contributed by atoms with Gasteiger partial charge in [-0.25, -0.2) is 4.68 Å². The number of hydrogen-bond donors (Lipinski definition) is 1. The van der Waals surface area contributed by atoms with Gasteiger partial charge in [0.15, 0.2) is 18.1 Å². The Balaban J connectivity index is 1.40. The number of carbonyl (C=O) groups is 2. The topological polar surface area (TPSA) is 111 Å². The minimum atomic E-state index is -0.290. The van der Waals surface area contributed by atoms with Gasteiger partial charge in [-0.15, -0.1) is 5.10 Å². The summed E-state index contributed by atoms with van der Waals surface area (Å²) >= 11 is 0. The van der Waals surface area contributed by atoms with Crippen LogP contribution in [0.4, 0.5) is 5.69 Å². The van der Waals surface area contributed by atoms with Crippen molar-refractivity contribution < 1.29 is 19.1 Å². The van der Waals surface area contributed by atoms with Crippen LogP contribution in [0.3, 0.4) is 0 Å². The third kappa shape index (κ3) is 5.65. The van der Waals surface area contributed by atoms with Gasteiger partial charge in [-0.05, 0) is 79.1 Å². The van der Waals surface area contributed by atoms with Crippen molar-refractivity contribution in [2.45, 2.75) is 26.2 Å². The number of amides is 2. The molecule has 2 heterocycles. The van der Waals surface area contributed by atoms with E-state index in [1.54, 1.807) is 42.5 Å². The van der Waals surface area contributed by atoms with E-state index >= 15 is 0 Å². The van der Waals surface area contributed by atoms with Gasteiger partial charge in [-0.2, -0.15) is 0 Å². The van der Waals surface area contributed by atoms with Crippen molar-refractivity contribution in [3.8, 4) is 17.2 Å². The van der Waals surface area contributed by atoms with Crippen LogP contribution in [-0.2, 0) is 4.79 Å². The zero-order chi connectivity index (χ0) is 23.0. The van der Waals surface area contributed by atoms with Gasteiger partial charge in [-0.3, -0.25) is 9.59 Å². The quantitative estimate of drug-likeness (QED) is 0.562. The fourth-order valence-corrected chi connectivity index (χ4v) is 3.59. The molecule has 1 aromatic heterocycles. The van der Waals surface area contributed by atoms with Crippen LogP contribution in [0.15, 0.2) is 48.8 Å². The maximum Gasteiger partial charge on any atom is 0.260 e. The molecular weight excluding hydrogens is 424 g/mol. The van der Waals surface area contributed by atoms with Crippen LogP contribution < -0.4 is 14.8 Å². The Hall–Kier alpha value is -3.95. The number of tetrazole rings is 1. The Morgan fingerprint density at radius 3 is 2.48 bits per heavy atom. The van der Waals surface area contributed by atoms with E-state index in [-0.39, 0.29) is 18.4 Å². The molecule has 3 aromatic rings. The first-order valence-electron chi connectivity index (χ1n) is 11.0. The van der Waals surface area contributed by atoms with Gasteiger partial charge in [-0.1, -0.05) is 0 Å². The summed E-state index contributed by atoms with van der Waals surface area (Å²) in [6.45, 7) is 3.74. The summed E-state index contributed by atoms with van der Waals surface area (Å²) < 4.78 is 12.9. The Morgan fingerprint density at radius 1 is 1.00 bits per heavy atom. The zero-order valence-corrected chi connectivity index (χ0v) is 18.4. The van der Waals surface area contributed by atoms with Crippen molar-refractivity contribution in [2.24, 2.45) is 0 Å². The number of benzene rings is 2. The van der Waals surface area contributed by atoms with Crippen molar-refractivity contribution in [3.63, 3.8) is 0 Å². The molecule has 172 valence electrons. The highest BCUT2D eigenvalue weighted by molar-refractivity contribution is 6.04. The van der Waals surface area contributed by atoms with E-state index in [4.69, 9.17) is 9.47 Å². The van der Waals surface area contributed by atoms with Crippen LogP contribution in [0.5, 0.6) is 11.5 Å². The summed E-state index contributed by atoms with van der Waals surface area (Å²) in [6.07, 6.45) is 4.71. The molecule has 4 rings (SSSR count). The standard InChI is InChI=1S/C23H26N6O4/c1-2-32-21-14-17(6-11-20(21)33-15-22(30)28-12-4-3-5-13-28)23(31)25-18-7-9-19(10-8-18)29-16-24-26-27-29/h6-11,14,16H,2-5,12-13,15H2,1H3,(H,25,31). The largest absolute Gasteiger partial charge is 0.490 e. The van der Waals surface area contributed by atoms with Gasteiger partial charge < -0.3 is 19.7 Å². The molecule has 2 amide bonds. The van der Waals surface area contributed by atoms with Gasteiger partial charge in [0.2, 0.25) is 0 Å². The van der Waals surface area contributed by atoms with Crippen LogP contribution in [0.2, 0.25) is 0 Å². The van der Waals surface area contributed by atoms with E-state index in [0.29, 0.717) is 29.4 Å². The number of nitrogens with zero attached hydrogens (tertiary/aromatic N) is 5. The molecule has 0 unspecified atom stereocenters. The minimum absolute atomic E-state index is 0.0379. The monoisotopic (exact) mass is 450 g/mol. The fourth-order valence-electron chi connectivity index (χ4n) is 3.59. The third-order valence-corrected chi connectivity index (χ3v) is 5.30. The third-order valence-electron chi connectivity index (χ3n) is 5.30. The van der Waals surface area contributed by atoms with Gasteiger partial charge >= 0.3 is 0 Å². The van der Waals surface area contributed by atoms with E-state index in [1.165, 1.54) is 11.0 Å². The number of nitrogens with one attached hydrogen (secondary N) is 1. The van der Waals surface area contributed by atoms with Crippen molar-refractivity contribution in [1.29, 1.82) is 0 Å². The number of piperidine rings is 1. The molecule has 1 aliphatic rings. The number of anilines is 1. The highest BCUT2D eigenvalue weighted by Crippen LogP contribution is 2.29.